The summed E-state index contributed by atoms with van der Waals surface area (Å²) in [5.41, 5.74) is 0.923. The first kappa shape index (κ1) is 16.9. The van der Waals surface area contributed by atoms with Gasteiger partial charge in [-0.15, -0.1) is 0 Å². The lowest BCUT2D eigenvalue weighted by Gasteiger charge is -2.30. The van der Waals surface area contributed by atoms with Crippen molar-refractivity contribution in [2.75, 3.05) is 25.5 Å². The lowest BCUT2D eigenvalue weighted by molar-refractivity contribution is -0.128. The van der Waals surface area contributed by atoms with Crippen molar-refractivity contribution in [3.8, 4) is 5.75 Å². The molecule has 1 saturated carbocycles. The molecule has 0 radical (unpaired) electrons. The van der Waals surface area contributed by atoms with E-state index in [1.165, 1.54) is 19.3 Å². The SMILES string of the molecule is COc1cccc(NCc2nc(C3CC(=O)N(CC4CCC4)C3)no2)c1. The highest BCUT2D eigenvalue weighted by atomic mass is 16.5. The van der Waals surface area contributed by atoms with E-state index in [-0.39, 0.29) is 11.8 Å². The first-order valence-corrected chi connectivity index (χ1v) is 9.19. The van der Waals surface area contributed by atoms with Crippen LogP contribution in [0.3, 0.4) is 0 Å². The number of amides is 1. The first-order valence-electron chi connectivity index (χ1n) is 9.19. The molecule has 2 aromatic rings. The molecular weight excluding hydrogens is 332 g/mol. The zero-order chi connectivity index (χ0) is 17.9. The molecule has 1 amide bonds. The molecule has 1 aliphatic carbocycles. The summed E-state index contributed by atoms with van der Waals surface area (Å²) < 4.78 is 10.6. The maximum atomic E-state index is 12.2. The Labute approximate surface area is 152 Å². The van der Waals surface area contributed by atoms with Gasteiger partial charge in [-0.3, -0.25) is 4.79 Å². The minimum Gasteiger partial charge on any atom is -0.497 e. The van der Waals surface area contributed by atoms with Crippen LogP contribution < -0.4 is 10.1 Å². The van der Waals surface area contributed by atoms with Gasteiger partial charge in [0.05, 0.1) is 13.7 Å². The van der Waals surface area contributed by atoms with Crippen molar-refractivity contribution >= 4 is 11.6 Å². The van der Waals surface area contributed by atoms with E-state index in [2.05, 4.69) is 15.5 Å². The molecule has 1 atom stereocenters. The molecule has 2 heterocycles. The van der Waals surface area contributed by atoms with Gasteiger partial charge in [0.15, 0.2) is 5.82 Å². The normalized spacial score (nSPS) is 20.3. The predicted octanol–water partition coefficient (Wildman–Crippen LogP) is 2.81. The molecule has 0 spiro atoms. The number of methoxy groups -OCH3 is 1. The Balaban J connectivity index is 1.33. The highest BCUT2D eigenvalue weighted by Gasteiger charge is 2.35. The summed E-state index contributed by atoms with van der Waals surface area (Å²) in [5.74, 6) is 2.88. The third kappa shape index (κ3) is 3.66. The average Bonchev–Trinajstić information content (AvgIpc) is 3.23. The number of rotatable bonds is 7. The summed E-state index contributed by atoms with van der Waals surface area (Å²) in [6.07, 6.45) is 4.27. The molecule has 4 rings (SSSR count). The standard InChI is InChI=1S/C19H24N4O3/c1-25-16-7-3-6-15(9-16)20-10-17-21-19(22-26-17)14-8-18(24)23(12-14)11-13-4-2-5-13/h3,6-7,9,13-14,20H,2,4-5,8,10-12H2,1H3. The molecular formula is C19H24N4O3. The van der Waals surface area contributed by atoms with E-state index in [0.717, 1.165) is 18.0 Å². The van der Waals surface area contributed by atoms with E-state index in [0.29, 0.717) is 37.1 Å². The van der Waals surface area contributed by atoms with Crippen molar-refractivity contribution in [1.82, 2.24) is 15.0 Å². The fourth-order valence-electron chi connectivity index (χ4n) is 3.52. The molecule has 138 valence electrons. The number of aromatic nitrogens is 2. The number of hydrogen-bond acceptors (Lipinski definition) is 6. The van der Waals surface area contributed by atoms with E-state index in [4.69, 9.17) is 9.26 Å². The largest absolute Gasteiger partial charge is 0.497 e. The second kappa shape index (κ2) is 7.35. The molecule has 1 N–H and O–H groups in total. The number of ether oxygens (including phenoxy) is 1. The molecule has 2 aliphatic rings. The third-order valence-corrected chi connectivity index (χ3v) is 5.28. The van der Waals surface area contributed by atoms with E-state index in [1.54, 1.807) is 7.11 Å². The van der Waals surface area contributed by atoms with Gasteiger partial charge in [-0.25, -0.2) is 0 Å². The monoisotopic (exact) mass is 356 g/mol. The number of likely N-dealkylation sites (tertiary alicyclic amines) is 1. The van der Waals surface area contributed by atoms with Crippen molar-refractivity contribution < 1.29 is 14.1 Å². The number of carbonyl (C=O) groups is 1. The second-order valence-corrected chi connectivity index (χ2v) is 7.13. The number of nitrogens with zero attached hydrogens (tertiary/aromatic N) is 3. The van der Waals surface area contributed by atoms with Crippen LogP contribution in [0.5, 0.6) is 5.75 Å². The topological polar surface area (TPSA) is 80.5 Å². The minimum absolute atomic E-state index is 0.0388. The van der Waals surface area contributed by atoms with Crippen LogP contribution in [0.25, 0.3) is 0 Å². The predicted molar refractivity (Wildman–Crippen MR) is 95.9 cm³/mol. The van der Waals surface area contributed by atoms with Gasteiger partial charge >= 0.3 is 0 Å². The van der Waals surface area contributed by atoms with Crippen molar-refractivity contribution in [3.63, 3.8) is 0 Å². The molecule has 1 unspecified atom stereocenters. The lowest BCUT2D eigenvalue weighted by Crippen LogP contribution is -2.33. The van der Waals surface area contributed by atoms with Crippen molar-refractivity contribution in [1.29, 1.82) is 0 Å². The fourth-order valence-corrected chi connectivity index (χ4v) is 3.52. The zero-order valence-electron chi connectivity index (χ0n) is 15.0. The molecule has 1 aliphatic heterocycles. The van der Waals surface area contributed by atoms with Crippen molar-refractivity contribution in [2.24, 2.45) is 5.92 Å². The van der Waals surface area contributed by atoms with Crippen LogP contribution in [0, 0.1) is 5.92 Å². The molecule has 1 aromatic carbocycles. The number of hydrogen-bond donors (Lipinski definition) is 1. The summed E-state index contributed by atoms with van der Waals surface area (Å²) in [5, 5.41) is 7.34. The maximum absolute atomic E-state index is 12.2. The van der Waals surface area contributed by atoms with E-state index in [9.17, 15) is 4.79 Å². The van der Waals surface area contributed by atoms with Crippen LogP contribution >= 0.6 is 0 Å². The van der Waals surface area contributed by atoms with Gasteiger partial charge in [0, 0.05) is 37.2 Å². The molecule has 0 bridgehead atoms. The van der Waals surface area contributed by atoms with Gasteiger partial charge in [-0.05, 0) is 30.9 Å². The summed E-state index contributed by atoms with van der Waals surface area (Å²) >= 11 is 0. The maximum Gasteiger partial charge on any atom is 0.245 e. The Morgan fingerprint density at radius 2 is 2.27 bits per heavy atom. The third-order valence-electron chi connectivity index (χ3n) is 5.28. The summed E-state index contributed by atoms with van der Waals surface area (Å²) in [6.45, 7) is 2.03. The van der Waals surface area contributed by atoms with Crippen LogP contribution in [0.4, 0.5) is 5.69 Å². The van der Waals surface area contributed by atoms with Gasteiger partial charge in [-0.1, -0.05) is 17.6 Å². The van der Waals surface area contributed by atoms with Gasteiger partial charge in [0.25, 0.3) is 0 Å². The smallest absolute Gasteiger partial charge is 0.245 e. The fraction of sp³-hybridized carbons (Fsp3) is 0.526. The zero-order valence-corrected chi connectivity index (χ0v) is 15.0. The van der Waals surface area contributed by atoms with Gasteiger partial charge in [-0.2, -0.15) is 4.98 Å². The van der Waals surface area contributed by atoms with Crippen molar-refractivity contribution in [2.45, 2.75) is 38.1 Å². The Morgan fingerprint density at radius 3 is 3.04 bits per heavy atom. The van der Waals surface area contributed by atoms with Gasteiger partial charge in [0.1, 0.15) is 5.75 Å². The number of carbonyl (C=O) groups excluding carboxylic acids is 1. The number of anilines is 1. The summed E-state index contributed by atoms with van der Waals surface area (Å²) in [4.78, 5) is 18.7. The molecule has 26 heavy (non-hydrogen) atoms. The molecule has 1 saturated heterocycles. The van der Waals surface area contributed by atoms with Crippen LogP contribution in [-0.4, -0.2) is 41.1 Å². The van der Waals surface area contributed by atoms with E-state index < -0.39 is 0 Å². The highest BCUT2D eigenvalue weighted by Crippen LogP contribution is 2.32. The Kier molecular flexibility index (Phi) is 4.77. The van der Waals surface area contributed by atoms with Crippen molar-refractivity contribution in [3.05, 3.63) is 36.0 Å². The lowest BCUT2D eigenvalue weighted by atomic mass is 9.85. The first-order chi connectivity index (χ1) is 12.7. The van der Waals surface area contributed by atoms with Crippen LogP contribution in [-0.2, 0) is 11.3 Å². The average molecular weight is 356 g/mol. The molecule has 2 fully saturated rings. The summed E-state index contributed by atoms with van der Waals surface area (Å²) in [6, 6.07) is 7.67. The van der Waals surface area contributed by atoms with Gasteiger partial charge < -0.3 is 19.5 Å². The Bertz CT molecular complexity index is 772. The number of benzene rings is 1. The Morgan fingerprint density at radius 1 is 1.38 bits per heavy atom. The molecule has 7 heteroatoms. The Hall–Kier alpha value is -2.57. The highest BCUT2D eigenvalue weighted by molar-refractivity contribution is 5.79. The number of nitrogens with one attached hydrogen (secondary N) is 1. The summed E-state index contributed by atoms with van der Waals surface area (Å²) in [7, 11) is 1.64. The minimum atomic E-state index is 0.0388. The second-order valence-electron chi connectivity index (χ2n) is 7.13. The molecule has 7 nitrogen and oxygen atoms in total. The van der Waals surface area contributed by atoms with Gasteiger partial charge in [0.2, 0.25) is 11.8 Å². The van der Waals surface area contributed by atoms with E-state index >= 15 is 0 Å². The van der Waals surface area contributed by atoms with Crippen LogP contribution in [0.15, 0.2) is 28.8 Å². The quantitative estimate of drug-likeness (QED) is 0.822. The van der Waals surface area contributed by atoms with Crippen LogP contribution in [0.1, 0.15) is 43.3 Å². The van der Waals surface area contributed by atoms with E-state index in [1.807, 2.05) is 29.2 Å². The van der Waals surface area contributed by atoms with Crippen LogP contribution in [0.2, 0.25) is 0 Å². The molecule has 1 aromatic heterocycles.